The minimum Gasteiger partial charge on any atom is -0.375 e. The summed E-state index contributed by atoms with van der Waals surface area (Å²) in [6.07, 6.45) is -4.20. The van der Waals surface area contributed by atoms with Crippen LogP contribution in [0, 0.1) is 6.92 Å². The Labute approximate surface area is 89.5 Å². The van der Waals surface area contributed by atoms with Crippen LogP contribution in [0.2, 0.25) is 0 Å². The summed E-state index contributed by atoms with van der Waals surface area (Å²) >= 11 is 1.21. The molecular formula is C8H12F3N3S. The van der Waals surface area contributed by atoms with E-state index in [4.69, 9.17) is 5.73 Å². The minimum absolute atomic E-state index is 0.378. The molecule has 1 heterocycles. The molecule has 0 aliphatic carbocycles. The molecule has 1 aromatic heterocycles. The van der Waals surface area contributed by atoms with Gasteiger partial charge in [-0.25, -0.2) is 4.98 Å². The molecule has 1 rings (SSSR count). The molecule has 1 atom stereocenters. The molecular weight excluding hydrogens is 227 g/mol. The molecule has 1 aromatic rings. The lowest BCUT2D eigenvalue weighted by Gasteiger charge is -2.14. The third-order valence-corrected chi connectivity index (χ3v) is 3.02. The maximum absolute atomic E-state index is 11.9. The standard InChI is InChI=1S/C8H12F3N3S/c1-4(13-3-8(9,10)11)6-5(2)14-7(12)15-6/h4,13H,3H2,1-2H3,(H2,12,14). The van der Waals surface area contributed by atoms with Gasteiger partial charge in [0.2, 0.25) is 0 Å². The SMILES string of the molecule is Cc1nc(N)sc1C(C)NCC(F)(F)F. The third-order valence-electron chi connectivity index (χ3n) is 1.85. The summed E-state index contributed by atoms with van der Waals surface area (Å²) in [5.41, 5.74) is 6.14. The Hall–Kier alpha value is -0.820. The number of anilines is 1. The number of aromatic nitrogens is 1. The first kappa shape index (κ1) is 12.3. The first-order valence-corrected chi connectivity index (χ1v) is 5.14. The van der Waals surface area contributed by atoms with Crippen molar-refractivity contribution in [3.63, 3.8) is 0 Å². The zero-order valence-electron chi connectivity index (χ0n) is 8.35. The summed E-state index contributed by atoms with van der Waals surface area (Å²) in [7, 11) is 0. The van der Waals surface area contributed by atoms with E-state index in [1.807, 2.05) is 0 Å². The van der Waals surface area contributed by atoms with Gasteiger partial charge in [-0.3, -0.25) is 0 Å². The average Bonchev–Trinajstić information content (AvgIpc) is 2.40. The molecule has 7 heteroatoms. The molecule has 0 aromatic carbocycles. The Kier molecular flexibility index (Phi) is 3.56. The maximum atomic E-state index is 11.9. The van der Waals surface area contributed by atoms with Crippen LogP contribution >= 0.6 is 11.3 Å². The van der Waals surface area contributed by atoms with E-state index in [0.717, 1.165) is 4.88 Å². The highest BCUT2D eigenvalue weighted by molar-refractivity contribution is 7.15. The summed E-state index contributed by atoms with van der Waals surface area (Å²) in [4.78, 5) is 4.70. The van der Waals surface area contributed by atoms with Crippen molar-refractivity contribution in [3.8, 4) is 0 Å². The van der Waals surface area contributed by atoms with Crippen LogP contribution in [-0.2, 0) is 0 Å². The fraction of sp³-hybridized carbons (Fsp3) is 0.625. The number of alkyl halides is 3. The monoisotopic (exact) mass is 239 g/mol. The Morgan fingerprint density at radius 3 is 2.53 bits per heavy atom. The Morgan fingerprint density at radius 2 is 2.13 bits per heavy atom. The molecule has 0 spiro atoms. The lowest BCUT2D eigenvalue weighted by Crippen LogP contribution is -2.30. The highest BCUT2D eigenvalue weighted by Gasteiger charge is 2.28. The van der Waals surface area contributed by atoms with E-state index in [2.05, 4.69) is 10.3 Å². The van der Waals surface area contributed by atoms with Gasteiger partial charge in [0.15, 0.2) is 5.13 Å². The van der Waals surface area contributed by atoms with E-state index in [0.29, 0.717) is 10.8 Å². The zero-order chi connectivity index (χ0) is 11.6. The molecule has 86 valence electrons. The van der Waals surface area contributed by atoms with Gasteiger partial charge in [-0.1, -0.05) is 0 Å². The number of hydrogen-bond donors (Lipinski definition) is 2. The van der Waals surface area contributed by atoms with Crippen LogP contribution in [0.5, 0.6) is 0 Å². The summed E-state index contributed by atoms with van der Waals surface area (Å²) < 4.78 is 35.8. The van der Waals surface area contributed by atoms with Gasteiger partial charge in [0, 0.05) is 10.9 Å². The number of halogens is 3. The smallest absolute Gasteiger partial charge is 0.375 e. The van der Waals surface area contributed by atoms with Crippen molar-refractivity contribution < 1.29 is 13.2 Å². The lowest BCUT2D eigenvalue weighted by atomic mass is 10.2. The molecule has 0 amide bonds. The van der Waals surface area contributed by atoms with Crippen molar-refractivity contribution in [1.82, 2.24) is 10.3 Å². The number of nitrogen functional groups attached to an aromatic ring is 1. The van der Waals surface area contributed by atoms with Crippen molar-refractivity contribution in [2.45, 2.75) is 26.1 Å². The molecule has 0 radical (unpaired) electrons. The number of hydrogen-bond acceptors (Lipinski definition) is 4. The van der Waals surface area contributed by atoms with Crippen LogP contribution in [0.25, 0.3) is 0 Å². The molecule has 0 fully saturated rings. The van der Waals surface area contributed by atoms with Crippen LogP contribution in [-0.4, -0.2) is 17.7 Å². The zero-order valence-corrected chi connectivity index (χ0v) is 9.17. The largest absolute Gasteiger partial charge is 0.401 e. The van der Waals surface area contributed by atoms with Crippen LogP contribution in [0.3, 0.4) is 0 Å². The molecule has 0 bridgehead atoms. The number of nitrogens with zero attached hydrogens (tertiary/aromatic N) is 1. The topological polar surface area (TPSA) is 50.9 Å². The van der Waals surface area contributed by atoms with E-state index in [1.54, 1.807) is 13.8 Å². The fourth-order valence-electron chi connectivity index (χ4n) is 1.19. The van der Waals surface area contributed by atoms with Crippen molar-refractivity contribution in [1.29, 1.82) is 0 Å². The minimum atomic E-state index is -4.20. The van der Waals surface area contributed by atoms with Gasteiger partial charge in [0.25, 0.3) is 0 Å². The Balaban J connectivity index is 2.61. The highest BCUT2D eigenvalue weighted by atomic mass is 32.1. The van der Waals surface area contributed by atoms with Crippen molar-refractivity contribution >= 4 is 16.5 Å². The van der Waals surface area contributed by atoms with Gasteiger partial charge >= 0.3 is 6.18 Å². The summed E-state index contributed by atoms with van der Waals surface area (Å²) in [5.74, 6) is 0. The van der Waals surface area contributed by atoms with Crippen LogP contribution in [0.4, 0.5) is 18.3 Å². The quantitative estimate of drug-likeness (QED) is 0.850. The maximum Gasteiger partial charge on any atom is 0.401 e. The molecule has 1 unspecified atom stereocenters. The van der Waals surface area contributed by atoms with Gasteiger partial charge in [0.1, 0.15) is 0 Å². The molecule has 0 aliphatic heterocycles. The number of thiazole rings is 1. The Bertz CT molecular complexity index is 334. The highest BCUT2D eigenvalue weighted by Crippen LogP contribution is 2.26. The second kappa shape index (κ2) is 4.36. The second-order valence-corrected chi connectivity index (χ2v) is 4.28. The summed E-state index contributed by atoms with van der Waals surface area (Å²) in [5, 5.41) is 2.76. The lowest BCUT2D eigenvalue weighted by molar-refractivity contribution is -0.126. The van der Waals surface area contributed by atoms with Gasteiger partial charge in [0.05, 0.1) is 12.2 Å². The molecule has 3 N–H and O–H groups in total. The molecule has 0 aliphatic rings. The van der Waals surface area contributed by atoms with Crippen molar-refractivity contribution in [2.24, 2.45) is 0 Å². The van der Waals surface area contributed by atoms with Gasteiger partial charge in [-0.05, 0) is 13.8 Å². The molecule has 15 heavy (non-hydrogen) atoms. The number of nitrogens with two attached hydrogens (primary N) is 1. The Morgan fingerprint density at radius 1 is 1.53 bits per heavy atom. The van der Waals surface area contributed by atoms with Gasteiger partial charge in [-0.2, -0.15) is 13.2 Å². The van der Waals surface area contributed by atoms with Crippen LogP contribution < -0.4 is 11.1 Å². The second-order valence-electron chi connectivity index (χ2n) is 3.22. The number of rotatable bonds is 3. The van der Waals surface area contributed by atoms with Crippen LogP contribution in [0.1, 0.15) is 23.5 Å². The number of aryl methyl sites for hydroxylation is 1. The van der Waals surface area contributed by atoms with E-state index < -0.39 is 12.7 Å². The van der Waals surface area contributed by atoms with E-state index in [-0.39, 0.29) is 6.04 Å². The average molecular weight is 239 g/mol. The summed E-state index contributed by atoms with van der Waals surface area (Å²) in [6.45, 7) is 2.38. The van der Waals surface area contributed by atoms with Crippen molar-refractivity contribution in [3.05, 3.63) is 10.6 Å². The van der Waals surface area contributed by atoms with Gasteiger partial charge in [-0.15, -0.1) is 11.3 Å². The fourth-order valence-corrected chi connectivity index (χ4v) is 2.05. The van der Waals surface area contributed by atoms with E-state index in [9.17, 15) is 13.2 Å². The molecule has 3 nitrogen and oxygen atoms in total. The van der Waals surface area contributed by atoms with E-state index in [1.165, 1.54) is 11.3 Å². The first-order chi connectivity index (χ1) is 6.79. The predicted octanol–water partition coefficient (Wildman–Crippen LogP) is 2.25. The number of nitrogens with one attached hydrogen (secondary N) is 1. The van der Waals surface area contributed by atoms with E-state index >= 15 is 0 Å². The normalized spacial score (nSPS) is 14.2. The van der Waals surface area contributed by atoms with Crippen LogP contribution in [0.15, 0.2) is 0 Å². The van der Waals surface area contributed by atoms with Gasteiger partial charge < -0.3 is 11.1 Å². The third kappa shape index (κ3) is 3.67. The molecule has 0 saturated heterocycles. The van der Waals surface area contributed by atoms with Crippen molar-refractivity contribution in [2.75, 3.05) is 12.3 Å². The summed E-state index contributed by atoms with van der Waals surface area (Å²) in [6, 6.07) is -0.388. The first-order valence-electron chi connectivity index (χ1n) is 4.32. The molecule has 0 saturated carbocycles. The predicted molar refractivity (Wildman–Crippen MR) is 53.7 cm³/mol.